The standard InChI is InChI=1S/C20H25N5O2/c1-3-21-20(27)25-11-9-17(10-12-25)22-19(26)16-6-4-5-15(13-16)18-8-7-14(2)23-24-18/h4-8,13,17H,3,9-12H2,1-2H3,(H,21,27)(H,22,26). The molecule has 1 saturated heterocycles. The number of amides is 3. The Bertz CT molecular complexity index is 798. The predicted molar refractivity (Wildman–Crippen MR) is 103 cm³/mol. The molecule has 3 rings (SSSR count). The van der Waals surface area contributed by atoms with E-state index in [9.17, 15) is 9.59 Å². The Hall–Kier alpha value is -2.96. The number of nitrogens with one attached hydrogen (secondary N) is 2. The second kappa shape index (κ2) is 8.62. The minimum Gasteiger partial charge on any atom is -0.349 e. The molecule has 27 heavy (non-hydrogen) atoms. The van der Waals surface area contributed by atoms with Gasteiger partial charge in [0.05, 0.1) is 11.4 Å². The first-order valence-electron chi connectivity index (χ1n) is 9.31. The summed E-state index contributed by atoms with van der Waals surface area (Å²) >= 11 is 0. The molecule has 3 amide bonds. The smallest absolute Gasteiger partial charge is 0.317 e. The maximum absolute atomic E-state index is 12.6. The zero-order chi connectivity index (χ0) is 19.2. The first-order chi connectivity index (χ1) is 13.1. The highest BCUT2D eigenvalue weighted by molar-refractivity contribution is 5.95. The topological polar surface area (TPSA) is 87.2 Å². The number of piperidine rings is 1. The van der Waals surface area contributed by atoms with Gasteiger partial charge in [-0.25, -0.2) is 4.79 Å². The van der Waals surface area contributed by atoms with Crippen molar-refractivity contribution in [2.45, 2.75) is 32.7 Å². The summed E-state index contributed by atoms with van der Waals surface area (Å²) in [6, 6.07) is 11.2. The van der Waals surface area contributed by atoms with E-state index < -0.39 is 0 Å². The van der Waals surface area contributed by atoms with Crippen molar-refractivity contribution in [3.8, 4) is 11.3 Å². The van der Waals surface area contributed by atoms with Crippen molar-refractivity contribution < 1.29 is 9.59 Å². The SMILES string of the molecule is CCNC(=O)N1CCC(NC(=O)c2cccc(-c3ccc(C)nn3)c2)CC1. The molecule has 2 heterocycles. The van der Waals surface area contributed by atoms with Crippen molar-refractivity contribution in [2.24, 2.45) is 0 Å². The number of carbonyl (C=O) groups is 2. The second-order valence-electron chi connectivity index (χ2n) is 6.71. The van der Waals surface area contributed by atoms with Gasteiger partial charge in [0.15, 0.2) is 0 Å². The van der Waals surface area contributed by atoms with Gasteiger partial charge < -0.3 is 15.5 Å². The number of nitrogens with zero attached hydrogens (tertiary/aromatic N) is 3. The fourth-order valence-corrected chi connectivity index (χ4v) is 3.13. The van der Waals surface area contributed by atoms with E-state index in [1.807, 2.05) is 44.2 Å². The van der Waals surface area contributed by atoms with Gasteiger partial charge in [0.1, 0.15) is 0 Å². The Morgan fingerprint density at radius 2 is 1.93 bits per heavy atom. The average Bonchev–Trinajstić information content (AvgIpc) is 2.69. The van der Waals surface area contributed by atoms with E-state index in [4.69, 9.17) is 0 Å². The van der Waals surface area contributed by atoms with Gasteiger partial charge in [-0.3, -0.25) is 4.79 Å². The van der Waals surface area contributed by atoms with Gasteiger partial charge in [0.25, 0.3) is 5.91 Å². The molecule has 1 aromatic heterocycles. The molecule has 0 atom stereocenters. The van der Waals surface area contributed by atoms with Crippen LogP contribution in [-0.4, -0.2) is 52.7 Å². The van der Waals surface area contributed by atoms with E-state index in [0.29, 0.717) is 25.2 Å². The molecule has 2 N–H and O–H groups in total. The second-order valence-corrected chi connectivity index (χ2v) is 6.71. The Balaban J connectivity index is 1.60. The van der Waals surface area contributed by atoms with Gasteiger partial charge in [-0.2, -0.15) is 10.2 Å². The number of benzene rings is 1. The number of hydrogen-bond acceptors (Lipinski definition) is 4. The highest BCUT2D eigenvalue weighted by Crippen LogP contribution is 2.18. The first-order valence-corrected chi connectivity index (χ1v) is 9.31. The highest BCUT2D eigenvalue weighted by atomic mass is 16.2. The van der Waals surface area contributed by atoms with Crippen molar-refractivity contribution >= 4 is 11.9 Å². The molecular weight excluding hydrogens is 342 g/mol. The van der Waals surface area contributed by atoms with Crippen LogP contribution in [0.2, 0.25) is 0 Å². The van der Waals surface area contributed by atoms with Crippen molar-refractivity contribution in [1.29, 1.82) is 0 Å². The number of hydrogen-bond donors (Lipinski definition) is 2. The molecule has 0 bridgehead atoms. The summed E-state index contributed by atoms with van der Waals surface area (Å²) in [6.07, 6.45) is 1.51. The normalized spacial score (nSPS) is 14.7. The maximum Gasteiger partial charge on any atom is 0.317 e. The molecular formula is C20H25N5O2. The lowest BCUT2D eigenvalue weighted by atomic mass is 10.0. The molecule has 1 fully saturated rings. The van der Waals surface area contributed by atoms with E-state index in [1.54, 1.807) is 11.0 Å². The Morgan fingerprint density at radius 1 is 1.15 bits per heavy atom. The number of urea groups is 1. The predicted octanol–water partition coefficient (Wildman–Crippen LogP) is 2.38. The quantitative estimate of drug-likeness (QED) is 0.869. The van der Waals surface area contributed by atoms with Crippen LogP contribution in [0.5, 0.6) is 0 Å². The molecule has 0 saturated carbocycles. The number of likely N-dealkylation sites (tertiary alicyclic amines) is 1. The maximum atomic E-state index is 12.6. The third-order valence-corrected chi connectivity index (χ3v) is 4.66. The van der Waals surface area contributed by atoms with Gasteiger partial charge in [-0.05, 0) is 51.0 Å². The third-order valence-electron chi connectivity index (χ3n) is 4.66. The summed E-state index contributed by atoms with van der Waals surface area (Å²) in [6.45, 7) is 5.71. The highest BCUT2D eigenvalue weighted by Gasteiger charge is 2.23. The van der Waals surface area contributed by atoms with Gasteiger partial charge >= 0.3 is 6.03 Å². The number of carbonyl (C=O) groups excluding carboxylic acids is 2. The van der Waals surface area contributed by atoms with E-state index in [0.717, 1.165) is 29.8 Å². The molecule has 0 unspecified atom stereocenters. The van der Waals surface area contributed by atoms with Gasteiger partial charge in [0.2, 0.25) is 0 Å². The lowest BCUT2D eigenvalue weighted by Crippen LogP contribution is -2.49. The molecule has 142 valence electrons. The molecule has 0 spiro atoms. The molecule has 1 aliphatic rings. The molecule has 7 nitrogen and oxygen atoms in total. The van der Waals surface area contributed by atoms with Gasteiger partial charge in [-0.1, -0.05) is 12.1 Å². The Morgan fingerprint density at radius 3 is 2.59 bits per heavy atom. The zero-order valence-corrected chi connectivity index (χ0v) is 15.7. The minimum absolute atomic E-state index is 0.0332. The zero-order valence-electron chi connectivity index (χ0n) is 15.7. The molecule has 1 aromatic carbocycles. The fourth-order valence-electron chi connectivity index (χ4n) is 3.13. The van der Waals surface area contributed by atoms with Crippen LogP contribution >= 0.6 is 0 Å². The van der Waals surface area contributed by atoms with Crippen LogP contribution in [0, 0.1) is 6.92 Å². The van der Waals surface area contributed by atoms with Crippen LogP contribution in [0.15, 0.2) is 36.4 Å². The fraction of sp³-hybridized carbons (Fsp3) is 0.400. The summed E-state index contributed by atoms with van der Waals surface area (Å²) < 4.78 is 0. The Kier molecular flexibility index (Phi) is 6.01. The van der Waals surface area contributed by atoms with Crippen molar-refractivity contribution in [1.82, 2.24) is 25.7 Å². The third kappa shape index (κ3) is 4.81. The van der Waals surface area contributed by atoms with Crippen LogP contribution in [0.4, 0.5) is 4.79 Å². The summed E-state index contributed by atoms with van der Waals surface area (Å²) in [5.74, 6) is -0.103. The van der Waals surface area contributed by atoms with Crippen LogP contribution < -0.4 is 10.6 Å². The molecule has 7 heteroatoms. The van der Waals surface area contributed by atoms with E-state index in [-0.39, 0.29) is 18.0 Å². The van der Waals surface area contributed by atoms with E-state index in [1.165, 1.54) is 0 Å². The van der Waals surface area contributed by atoms with Crippen LogP contribution in [0.1, 0.15) is 35.8 Å². The monoisotopic (exact) mass is 367 g/mol. The molecule has 0 aliphatic carbocycles. The molecule has 0 radical (unpaired) electrons. The minimum atomic E-state index is -0.103. The summed E-state index contributed by atoms with van der Waals surface area (Å²) in [5.41, 5.74) is 3.05. The van der Waals surface area contributed by atoms with Gasteiger partial charge in [-0.15, -0.1) is 0 Å². The van der Waals surface area contributed by atoms with Gasteiger partial charge in [0, 0.05) is 36.8 Å². The van der Waals surface area contributed by atoms with Crippen LogP contribution in [0.25, 0.3) is 11.3 Å². The number of aromatic nitrogens is 2. The average molecular weight is 367 g/mol. The van der Waals surface area contributed by atoms with Crippen molar-refractivity contribution in [3.63, 3.8) is 0 Å². The van der Waals surface area contributed by atoms with E-state index >= 15 is 0 Å². The summed E-state index contributed by atoms with van der Waals surface area (Å²) in [5, 5.41) is 14.1. The Labute approximate surface area is 159 Å². The molecule has 2 aromatic rings. The molecule has 1 aliphatic heterocycles. The van der Waals surface area contributed by atoms with Crippen LogP contribution in [-0.2, 0) is 0 Å². The summed E-state index contributed by atoms with van der Waals surface area (Å²) in [7, 11) is 0. The van der Waals surface area contributed by atoms with Crippen LogP contribution in [0.3, 0.4) is 0 Å². The lowest BCUT2D eigenvalue weighted by Gasteiger charge is -2.32. The number of aryl methyl sites for hydroxylation is 1. The summed E-state index contributed by atoms with van der Waals surface area (Å²) in [4.78, 5) is 26.3. The first kappa shape index (κ1) is 18.8. The number of rotatable bonds is 4. The van der Waals surface area contributed by atoms with Crippen molar-refractivity contribution in [3.05, 3.63) is 47.7 Å². The van der Waals surface area contributed by atoms with Crippen molar-refractivity contribution in [2.75, 3.05) is 19.6 Å². The largest absolute Gasteiger partial charge is 0.349 e. The van der Waals surface area contributed by atoms with E-state index in [2.05, 4.69) is 20.8 Å². The lowest BCUT2D eigenvalue weighted by molar-refractivity contribution is 0.0918.